The van der Waals surface area contributed by atoms with E-state index in [9.17, 15) is 13.5 Å². The van der Waals surface area contributed by atoms with Crippen LogP contribution in [0.1, 0.15) is 65.4 Å². The average Bonchev–Trinajstić information content (AvgIpc) is 2.53. The van der Waals surface area contributed by atoms with Gasteiger partial charge in [0, 0.05) is 5.92 Å². The summed E-state index contributed by atoms with van der Waals surface area (Å²) in [5.41, 5.74) is 0.176. The van der Waals surface area contributed by atoms with Crippen molar-refractivity contribution in [3.05, 3.63) is 29.8 Å². The van der Waals surface area contributed by atoms with Gasteiger partial charge in [0.05, 0.1) is 17.1 Å². The summed E-state index contributed by atoms with van der Waals surface area (Å²) in [6.45, 7) is 10.7. The minimum absolute atomic E-state index is 0.0340. The van der Waals surface area contributed by atoms with E-state index in [1.54, 1.807) is 24.3 Å². The van der Waals surface area contributed by atoms with Crippen LogP contribution in [0.15, 0.2) is 29.2 Å². The van der Waals surface area contributed by atoms with Gasteiger partial charge in [-0.2, -0.15) is 8.42 Å². The highest BCUT2D eigenvalue weighted by molar-refractivity contribution is 7.86. The molecule has 27 heavy (non-hydrogen) atoms. The maximum absolute atomic E-state index is 12.7. The zero-order valence-electron chi connectivity index (χ0n) is 17.3. The number of hydrogen-bond acceptors (Lipinski definition) is 4. The third-order valence-corrected chi connectivity index (χ3v) is 8.76. The predicted octanol–water partition coefficient (Wildman–Crippen LogP) is 4.69. The predicted molar refractivity (Wildman–Crippen MR) is 107 cm³/mol. The molecule has 3 rings (SSSR count). The molecule has 0 amide bonds. The van der Waals surface area contributed by atoms with E-state index in [1.807, 2.05) is 13.8 Å². The van der Waals surface area contributed by atoms with Crippen molar-refractivity contribution in [1.82, 2.24) is 0 Å². The molecule has 0 bridgehead atoms. The minimum atomic E-state index is -3.83. The van der Waals surface area contributed by atoms with Crippen molar-refractivity contribution in [3.8, 4) is 0 Å². The summed E-state index contributed by atoms with van der Waals surface area (Å²) < 4.78 is 30.9. The van der Waals surface area contributed by atoms with Crippen molar-refractivity contribution in [2.24, 2.45) is 22.7 Å². The molecular formula is C22H34O4S. The molecule has 1 N–H and O–H groups in total. The number of fused-ring (bicyclic) bond motifs is 1. The van der Waals surface area contributed by atoms with E-state index >= 15 is 0 Å². The van der Waals surface area contributed by atoms with Gasteiger partial charge in [-0.15, -0.1) is 0 Å². The average molecular weight is 395 g/mol. The second kappa shape index (κ2) is 6.85. The first-order valence-corrected chi connectivity index (χ1v) is 11.5. The van der Waals surface area contributed by atoms with Crippen LogP contribution in [0.25, 0.3) is 0 Å². The van der Waals surface area contributed by atoms with Crippen LogP contribution in [0.2, 0.25) is 0 Å². The van der Waals surface area contributed by atoms with E-state index in [1.165, 1.54) is 6.42 Å². The Labute approximate surface area is 164 Å². The van der Waals surface area contributed by atoms with Gasteiger partial charge in [0.1, 0.15) is 0 Å². The lowest BCUT2D eigenvalue weighted by molar-refractivity contribution is -0.175. The Morgan fingerprint density at radius 3 is 2.33 bits per heavy atom. The standard InChI is InChI=1S/C22H34O4S/c1-16-7-9-17(10-8-16)27(24,25)26-15-19-21(4)13-6-12-20(2,3)18(21)11-14-22(19,5)23/h7-10,18-19,23H,6,11-15H2,1-5H3/t18-,19+,21-,22+/m0/s1. The van der Waals surface area contributed by atoms with Crippen molar-refractivity contribution in [3.63, 3.8) is 0 Å². The topological polar surface area (TPSA) is 63.6 Å². The Morgan fingerprint density at radius 1 is 1.07 bits per heavy atom. The fraction of sp³-hybridized carbons (Fsp3) is 0.727. The highest BCUT2D eigenvalue weighted by Crippen LogP contribution is 2.62. The number of hydrogen-bond donors (Lipinski definition) is 1. The quantitative estimate of drug-likeness (QED) is 0.752. The highest BCUT2D eigenvalue weighted by atomic mass is 32.2. The second-order valence-electron chi connectivity index (χ2n) is 9.90. The summed E-state index contributed by atoms with van der Waals surface area (Å²) in [6, 6.07) is 6.71. The van der Waals surface area contributed by atoms with Crippen LogP contribution in [0, 0.1) is 29.6 Å². The van der Waals surface area contributed by atoms with Crippen molar-refractivity contribution in [1.29, 1.82) is 0 Å². The molecule has 4 atom stereocenters. The number of benzene rings is 1. The molecule has 1 aromatic rings. The molecular weight excluding hydrogens is 360 g/mol. The maximum Gasteiger partial charge on any atom is 0.296 e. The van der Waals surface area contributed by atoms with Gasteiger partial charge in [-0.3, -0.25) is 4.18 Å². The molecule has 4 nitrogen and oxygen atoms in total. The lowest BCUT2D eigenvalue weighted by Crippen LogP contribution is -2.59. The SMILES string of the molecule is Cc1ccc(S(=O)(=O)OC[C@@H]2[C@@]3(C)CCCC(C)(C)[C@@H]3CC[C@@]2(C)O)cc1. The molecule has 0 aromatic heterocycles. The molecule has 0 heterocycles. The molecule has 2 aliphatic rings. The van der Waals surface area contributed by atoms with Crippen LogP contribution in [0.5, 0.6) is 0 Å². The molecule has 5 heteroatoms. The van der Waals surface area contributed by atoms with Crippen LogP contribution in [-0.2, 0) is 14.3 Å². The smallest absolute Gasteiger partial charge is 0.296 e. The van der Waals surface area contributed by atoms with Gasteiger partial charge in [-0.25, -0.2) is 0 Å². The van der Waals surface area contributed by atoms with Crippen molar-refractivity contribution in [2.45, 2.75) is 77.2 Å². The number of aryl methyl sites for hydroxylation is 1. The Morgan fingerprint density at radius 2 is 1.70 bits per heavy atom. The molecule has 0 saturated heterocycles. The molecule has 0 aliphatic heterocycles. The fourth-order valence-corrected chi connectivity index (χ4v) is 6.85. The van der Waals surface area contributed by atoms with Crippen LogP contribution < -0.4 is 0 Å². The van der Waals surface area contributed by atoms with E-state index in [-0.39, 0.29) is 28.3 Å². The molecule has 2 fully saturated rings. The number of aliphatic hydroxyl groups is 1. The summed E-state index contributed by atoms with van der Waals surface area (Å²) in [5, 5.41) is 11.1. The van der Waals surface area contributed by atoms with Crippen molar-refractivity contribution in [2.75, 3.05) is 6.61 Å². The van der Waals surface area contributed by atoms with Crippen LogP contribution in [-0.4, -0.2) is 25.7 Å². The van der Waals surface area contributed by atoms with E-state index < -0.39 is 15.7 Å². The van der Waals surface area contributed by atoms with Gasteiger partial charge in [-0.1, -0.05) is 44.9 Å². The van der Waals surface area contributed by atoms with E-state index in [2.05, 4.69) is 20.8 Å². The lowest BCUT2D eigenvalue weighted by Gasteiger charge is -2.61. The molecule has 0 spiro atoms. The van der Waals surface area contributed by atoms with Gasteiger partial charge in [-0.05, 0) is 68.4 Å². The number of rotatable bonds is 4. The third kappa shape index (κ3) is 3.83. The van der Waals surface area contributed by atoms with Crippen LogP contribution in [0.4, 0.5) is 0 Å². The van der Waals surface area contributed by atoms with Gasteiger partial charge in [0.2, 0.25) is 0 Å². The Kier molecular flexibility index (Phi) is 5.28. The molecule has 2 aliphatic carbocycles. The maximum atomic E-state index is 12.7. The first kappa shape index (κ1) is 20.8. The minimum Gasteiger partial charge on any atom is -0.390 e. The summed E-state index contributed by atoms with van der Waals surface area (Å²) in [7, 11) is -3.83. The lowest BCUT2D eigenvalue weighted by atomic mass is 9.46. The van der Waals surface area contributed by atoms with E-state index in [4.69, 9.17) is 4.18 Å². The van der Waals surface area contributed by atoms with Crippen LogP contribution >= 0.6 is 0 Å². The molecule has 1 aromatic carbocycles. The molecule has 2 saturated carbocycles. The first-order chi connectivity index (χ1) is 12.4. The Balaban J connectivity index is 1.85. The first-order valence-electron chi connectivity index (χ1n) is 10.1. The normalized spacial score (nSPS) is 36.2. The largest absolute Gasteiger partial charge is 0.390 e. The molecule has 0 unspecified atom stereocenters. The highest BCUT2D eigenvalue weighted by Gasteiger charge is 2.58. The molecule has 152 valence electrons. The summed E-state index contributed by atoms with van der Waals surface area (Å²) >= 11 is 0. The molecule has 0 radical (unpaired) electrons. The Hall–Kier alpha value is -0.910. The van der Waals surface area contributed by atoms with Crippen LogP contribution in [0.3, 0.4) is 0 Å². The van der Waals surface area contributed by atoms with Crippen molar-refractivity contribution < 1.29 is 17.7 Å². The van der Waals surface area contributed by atoms with Gasteiger partial charge in [0.25, 0.3) is 10.1 Å². The third-order valence-electron chi connectivity index (χ3n) is 7.46. The summed E-state index contributed by atoms with van der Waals surface area (Å²) in [5.74, 6) is 0.262. The zero-order valence-corrected chi connectivity index (χ0v) is 18.1. The van der Waals surface area contributed by atoms with E-state index in [0.29, 0.717) is 12.3 Å². The fourth-order valence-electron chi connectivity index (χ4n) is 5.93. The van der Waals surface area contributed by atoms with Gasteiger partial charge >= 0.3 is 0 Å². The second-order valence-corrected chi connectivity index (χ2v) is 11.5. The zero-order chi connectivity index (χ0) is 20.1. The summed E-state index contributed by atoms with van der Waals surface area (Å²) in [4.78, 5) is 0.175. The monoisotopic (exact) mass is 394 g/mol. The van der Waals surface area contributed by atoms with Crippen molar-refractivity contribution >= 4 is 10.1 Å². The van der Waals surface area contributed by atoms with E-state index in [0.717, 1.165) is 24.8 Å². The van der Waals surface area contributed by atoms with Gasteiger partial charge in [0.15, 0.2) is 0 Å². The summed E-state index contributed by atoms with van der Waals surface area (Å²) in [6.07, 6.45) is 4.98. The van der Waals surface area contributed by atoms with Gasteiger partial charge < -0.3 is 5.11 Å². The Bertz CT molecular complexity index is 779.